The number of anilines is 1. The number of hydrogen-bond donors (Lipinski definition) is 0. The lowest BCUT2D eigenvalue weighted by Crippen LogP contribution is -2.29. The van der Waals surface area contributed by atoms with E-state index in [0.29, 0.717) is 24.5 Å². The van der Waals surface area contributed by atoms with Crippen molar-refractivity contribution in [3.05, 3.63) is 94.8 Å². The maximum absolute atomic E-state index is 13.4. The predicted molar refractivity (Wildman–Crippen MR) is 125 cm³/mol. The van der Waals surface area contributed by atoms with Crippen LogP contribution < -0.4 is 4.31 Å². The summed E-state index contributed by atoms with van der Waals surface area (Å²) in [6, 6.07) is 20.5. The summed E-state index contributed by atoms with van der Waals surface area (Å²) in [5.74, 6) is -0.325. The molecule has 0 saturated heterocycles. The van der Waals surface area contributed by atoms with Crippen LogP contribution in [0, 0.1) is 0 Å². The maximum Gasteiger partial charge on any atom is 0.338 e. The van der Waals surface area contributed by atoms with Gasteiger partial charge in [-0.3, -0.25) is 4.31 Å². The van der Waals surface area contributed by atoms with E-state index in [1.54, 1.807) is 12.1 Å². The van der Waals surface area contributed by atoms with Gasteiger partial charge in [-0.25, -0.2) is 13.2 Å². The molecule has 1 aliphatic rings. The van der Waals surface area contributed by atoms with Crippen molar-refractivity contribution < 1.29 is 22.4 Å². The zero-order valence-corrected chi connectivity index (χ0v) is 19.3. The molecule has 3 aromatic carbocycles. The van der Waals surface area contributed by atoms with Gasteiger partial charge in [0.05, 0.1) is 16.3 Å². The van der Waals surface area contributed by atoms with Gasteiger partial charge in [0, 0.05) is 12.1 Å². The SMILES string of the molecule is O=C(OCc1nnc(-c2ccccc2)o1)c1ccc(Cl)c(S(=O)(=O)N2CCc3ccccc32)c1. The first-order valence-electron chi connectivity index (χ1n) is 10.4. The Morgan fingerprint density at radius 3 is 2.62 bits per heavy atom. The van der Waals surface area contributed by atoms with E-state index in [-0.39, 0.29) is 28.0 Å². The van der Waals surface area contributed by atoms with Gasteiger partial charge >= 0.3 is 5.97 Å². The molecule has 1 aromatic heterocycles. The summed E-state index contributed by atoms with van der Waals surface area (Å²) in [6.07, 6.45) is 0.601. The Morgan fingerprint density at radius 2 is 1.79 bits per heavy atom. The quantitative estimate of drug-likeness (QED) is 0.363. The predicted octanol–water partition coefficient (Wildman–Crippen LogP) is 4.50. The summed E-state index contributed by atoms with van der Waals surface area (Å²) in [7, 11) is -3.98. The second kappa shape index (κ2) is 8.92. The van der Waals surface area contributed by atoms with Crippen molar-refractivity contribution in [1.82, 2.24) is 10.2 Å². The number of benzene rings is 3. The molecule has 0 fully saturated rings. The molecule has 10 heteroatoms. The molecule has 0 spiro atoms. The van der Waals surface area contributed by atoms with Crippen LogP contribution in [0.25, 0.3) is 11.5 Å². The molecule has 0 atom stereocenters. The fourth-order valence-corrected chi connectivity index (χ4v) is 5.73. The minimum Gasteiger partial charge on any atom is -0.452 e. The number of hydrogen-bond acceptors (Lipinski definition) is 7. The Labute approximate surface area is 200 Å². The number of carbonyl (C=O) groups excluding carboxylic acids is 1. The van der Waals surface area contributed by atoms with Crippen LogP contribution in [-0.4, -0.2) is 31.1 Å². The van der Waals surface area contributed by atoms with E-state index in [9.17, 15) is 13.2 Å². The van der Waals surface area contributed by atoms with Gasteiger partial charge in [0.1, 0.15) is 4.90 Å². The number of ether oxygens (including phenoxy) is 1. The van der Waals surface area contributed by atoms with Crippen molar-refractivity contribution in [1.29, 1.82) is 0 Å². The number of nitrogens with zero attached hydrogens (tertiary/aromatic N) is 3. The smallest absolute Gasteiger partial charge is 0.338 e. The lowest BCUT2D eigenvalue weighted by Gasteiger charge is -2.20. The molecular formula is C24H18ClN3O5S. The van der Waals surface area contributed by atoms with Gasteiger partial charge in [0.25, 0.3) is 15.9 Å². The number of para-hydroxylation sites is 1. The number of aromatic nitrogens is 2. The van der Waals surface area contributed by atoms with E-state index >= 15 is 0 Å². The van der Waals surface area contributed by atoms with E-state index in [4.69, 9.17) is 20.8 Å². The number of rotatable bonds is 6. The molecule has 0 bridgehead atoms. The summed E-state index contributed by atoms with van der Waals surface area (Å²) in [6.45, 7) is 0.0382. The van der Waals surface area contributed by atoms with Crippen LogP contribution in [0.5, 0.6) is 0 Å². The summed E-state index contributed by atoms with van der Waals surface area (Å²) in [5.41, 5.74) is 2.33. The van der Waals surface area contributed by atoms with Crippen LogP contribution in [0.3, 0.4) is 0 Å². The highest BCUT2D eigenvalue weighted by atomic mass is 35.5. The summed E-state index contributed by atoms with van der Waals surface area (Å²) < 4.78 is 38.8. The third-order valence-electron chi connectivity index (χ3n) is 5.39. The zero-order valence-electron chi connectivity index (χ0n) is 17.7. The molecule has 172 valence electrons. The van der Waals surface area contributed by atoms with Crippen molar-refractivity contribution in [2.75, 3.05) is 10.8 Å². The summed E-state index contributed by atoms with van der Waals surface area (Å²) in [4.78, 5) is 12.5. The number of esters is 1. The van der Waals surface area contributed by atoms with Gasteiger partial charge in [0.2, 0.25) is 5.89 Å². The van der Waals surface area contributed by atoms with E-state index in [2.05, 4.69) is 10.2 Å². The molecule has 0 saturated carbocycles. The molecule has 2 heterocycles. The Hall–Kier alpha value is -3.69. The molecule has 0 aliphatic carbocycles. The van der Waals surface area contributed by atoms with Crippen LogP contribution in [-0.2, 0) is 27.8 Å². The third-order valence-corrected chi connectivity index (χ3v) is 7.69. The van der Waals surface area contributed by atoms with E-state index in [1.165, 1.54) is 22.5 Å². The number of carbonyl (C=O) groups is 1. The van der Waals surface area contributed by atoms with Gasteiger partial charge < -0.3 is 9.15 Å². The van der Waals surface area contributed by atoms with Crippen molar-refractivity contribution in [3.8, 4) is 11.5 Å². The van der Waals surface area contributed by atoms with E-state index in [1.807, 2.05) is 42.5 Å². The van der Waals surface area contributed by atoms with E-state index < -0.39 is 16.0 Å². The molecule has 0 radical (unpaired) electrons. The Kier molecular flexibility index (Phi) is 5.80. The second-order valence-electron chi connectivity index (χ2n) is 7.54. The minimum absolute atomic E-state index is 0.0188. The summed E-state index contributed by atoms with van der Waals surface area (Å²) in [5, 5.41) is 7.85. The van der Waals surface area contributed by atoms with Gasteiger partial charge in [-0.2, -0.15) is 0 Å². The highest BCUT2D eigenvalue weighted by Crippen LogP contribution is 2.35. The minimum atomic E-state index is -3.98. The number of halogens is 1. The van der Waals surface area contributed by atoms with Crippen LogP contribution in [0.15, 0.2) is 82.1 Å². The molecule has 1 aliphatic heterocycles. The first-order valence-corrected chi connectivity index (χ1v) is 12.2. The standard InChI is InChI=1S/C24H18ClN3O5S/c25-19-11-10-18(14-21(19)34(30,31)28-13-12-16-6-4-5-9-20(16)28)24(29)32-15-22-26-27-23(33-22)17-7-2-1-3-8-17/h1-11,14H,12-13,15H2. The molecule has 0 N–H and O–H groups in total. The Balaban J connectivity index is 1.34. The fourth-order valence-electron chi connectivity index (χ4n) is 3.72. The highest BCUT2D eigenvalue weighted by molar-refractivity contribution is 7.93. The maximum atomic E-state index is 13.4. The van der Waals surface area contributed by atoms with Crippen LogP contribution in [0.1, 0.15) is 21.8 Å². The van der Waals surface area contributed by atoms with Gasteiger partial charge in [-0.05, 0) is 48.4 Å². The average Bonchev–Trinajstić information content (AvgIpc) is 3.51. The number of sulfonamides is 1. The molecular weight excluding hydrogens is 478 g/mol. The molecule has 0 amide bonds. The van der Waals surface area contributed by atoms with Crippen molar-refractivity contribution >= 4 is 33.3 Å². The van der Waals surface area contributed by atoms with Gasteiger partial charge in [-0.1, -0.05) is 48.0 Å². The third kappa shape index (κ3) is 4.15. The van der Waals surface area contributed by atoms with Crippen LogP contribution in [0.4, 0.5) is 5.69 Å². The first kappa shape index (κ1) is 22.1. The molecule has 4 aromatic rings. The topological polar surface area (TPSA) is 103 Å². The second-order valence-corrected chi connectivity index (χ2v) is 9.78. The fraction of sp³-hybridized carbons (Fsp3) is 0.125. The lowest BCUT2D eigenvalue weighted by atomic mass is 10.2. The van der Waals surface area contributed by atoms with Gasteiger partial charge in [-0.15, -0.1) is 10.2 Å². The lowest BCUT2D eigenvalue weighted by molar-refractivity contribution is 0.0438. The van der Waals surface area contributed by atoms with Crippen molar-refractivity contribution in [2.45, 2.75) is 17.9 Å². The monoisotopic (exact) mass is 495 g/mol. The summed E-state index contributed by atoms with van der Waals surface area (Å²) >= 11 is 6.23. The molecule has 0 unspecified atom stereocenters. The van der Waals surface area contributed by atoms with E-state index in [0.717, 1.165) is 11.1 Å². The molecule has 5 rings (SSSR count). The molecule has 8 nitrogen and oxygen atoms in total. The van der Waals surface area contributed by atoms with Gasteiger partial charge in [0.15, 0.2) is 6.61 Å². The molecule has 34 heavy (non-hydrogen) atoms. The Morgan fingerprint density at radius 1 is 1.03 bits per heavy atom. The van der Waals surface area contributed by atoms with Crippen LogP contribution >= 0.6 is 11.6 Å². The average molecular weight is 496 g/mol. The normalized spacial score (nSPS) is 13.0. The first-order chi connectivity index (χ1) is 16.4. The van der Waals surface area contributed by atoms with Crippen molar-refractivity contribution in [2.24, 2.45) is 0 Å². The Bertz CT molecular complexity index is 1470. The van der Waals surface area contributed by atoms with Crippen LogP contribution in [0.2, 0.25) is 5.02 Å². The largest absolute Gasteiger partial charge is 0.452 e. The van der Waals surface area contributed by atoms with Crippen molar-refractivity contribution in [3.63, 3.8) is 0 Å². The zero-order chi connectivity index (χ0) is 23.7. The highest BCUT2D eigenvalue weighted by Gasteiger charge is 2.32. The number of fused-ring (bicyclic) bond motifs is 1.